The van der Waals surface area contributed by atoms with Gasteiger partial charge in [-0.1, -0.05) is 0 Å². The summed E-state index contributed by atoms with van der Waals surface area (Å²) in [4.78, 5) is 9.95. The summed E-state index contributed by atoms with van der Waals surface area (Å²) in [6.45, 7) is 0. The summed E-state index contributed by atoms with van der Waals surface area (Å²) < 4.78 is 60.1. The first-order valence-electron chi connectivity index (χ1n) is 1.98. The van der Waals surface area contributed by atoms with Gasteiger partial charge in [-0.25, -0.2) is 4.79 Å². The predicted molar refractivity (Wildman–Crippen MR) is 40.7 cm³/mol. The molecule has 0 bridgehead atoms. The molecule has 0 aromatic rings. The van der Waals surface area contributed by atoms with Crippen LogP contribution < -0.4 is 12.3 Å². The third-order valence-corrected chi connectivity index (χ3v) is 1.04. The highest BCUT2D eigenvalue weighted by atomic mass is 32.3. The first kappa shape index (κ1) is 18.7. The maximum absolute atomic E-state index is 9.95. The van der Waals surface area contributed by atoms with Crippen LogP contribution in [0.15, 0.2) is 0 Å². The van der Waals surface area contributed by atoms with Gasteiger partial charge in [0, 0.05) is 0 Å². The van der Waals surface area contributed by atoms with Crippen molar-refractivity contribution in [2.75, 3.05) is 0 Å². The third-order valence-electron chi connectivity index (χ3n) is 0.347. The summed E-state index contributed by atoms with van der Waals surface area (Å²) in [7, 11) is -10.3. The van der Waals surface area contributed by atoms with E-state index in [1.165, 1.54) is 0 Å². The molecule has 0 saturated carbocycles. The molecule has 13 heteroatoms. The summed E-state index contributed by atoms with van der Waals surface area (Å²) in [6, 6.07) is 0. The minimum atomic E-state index is -5.15. The molecule has 14 heavy (non-hydrogen) atoms. The number of hydrogen-bond acceptors (Lipinski definition) is 9. The summed E-state index contributed by atoms with van der Waals surface area (Å²) in [5.74, 6) is 0. The molecule has 8 N–H and O–H groups in total. The average molecular weight is 256 g/mol. The number of carbonyl (C=O) groups is 1. The molecule has 0 aliphatic carbocycles. The molecule has 0 atom stereocenters. The van der Waals surface area contributed by atoms with Gasteiger partial charge in [0.05, 0.1) is 0 Å². The topological polar surface area (TPSA) is 214 Å². The molecule has 0 aliphatic rings. The van der Waals surface area contributed by atoms with E-state index in [2.05, 4.69) is 8.37 Å². The molecule has 0 rings (SSSR count). The van der Waals surface area contributed by atoms with E-state index in [1.807, 2.05) is 0 Å². The molecular formula is CH8N2O9S2. The van der Waals surface area contributed by atoms with Crippen LogP contribution in [0.2, 0.25) is 0 Å². The molecule has 0 aromatic carbocycles. The lowest BCUT2D eigenvalue weighted by Gasteiger charge is -1.97. The van der Waals surface area contributed by atoms with Crippen LogP contribution in [-0.2, 0) is 29.2 Å². The van der Waals surface area contributed by atoms with E-state index in [1.54, 1.807) is 0 Å². The second-order valence-corrected chi connectivity index (χ2v) is 3.32. The Hall–Kier alpha value is -0.990. The Bertz CT molecular complexity index is 328. The molecule has 11 nitrogen and oxygen atoms in total. The van der Waals surface area contributed by atoms with Gasteiger partial charge in [-0.05, 0) is 0 Å². The predicted octanol–water partition coefficient (Wildman–Crippen LogP) is -0.931. The zero-order valence-corrected chi connectivity index (χ0v) is 8.12. The largest absolute Gasteiger partial charge is 0.543 e. The van der Waals surface area contributed by atoms with Crippen LogP contribution in [0.3, 0.4) is 0 Å². The Morgan fingerprint density at radius 1 is 0.857 bits per heavy atom. The maximum Gasteiger partial charge on any atom is 0.543 e. The normalized spacial score (nSPS) is 10.4. The second kappa shape index (κ2) is 5.68. The van der Waals surface area contributed by atoms with Gasteiger partial charge in [-0.2, -0.15) is 16.8 Å². The van der Waals surface area contributed by atoms with Gasteiger partial charge in [-0.15, -0.1) is 0 Å². The smallest absolute Gasteiger partial charge is 0.344 e. The lowest BCUT2D eigenvalue weighted by Crippen LogP contribution is -2.16. The third kappa shape index (κ3) is 13.6. The van der Waals surface area contributed by atoms with E-state index >= 15 is 0 Å². The van der Waals surface area contributed by atoms with Crippen molar-refractivity contribution in [2.24, 2.45) is 0 Å². The highest BCUT2D eigenvalue weighted by molar-refractivity contribution is 7.82. The van der Waals surface area contributed by atoms with Crippen molar-refractivity contribution in [3.05, 3.63) is 0 Å². The fourth-order valence-electron chi connectivity index (χ4n) is 0.186. The minimum absolute atomic E-state index is 0. The highest BCUT2D eigenvalue weighted by Gasteiger charge is 2.20. The summed E-state index contributed by atoms with van der Waals surface area (Å²) >= 11 is 0. The molecular weight excluding hydrogens is 248 g/mol. The van der Waals surface area contributed by atoms with Crippen LogP contribution in [-0.4, -0.2) is 32.1 Å². The first-order chi connectivity index (χ1) is 5.10. The average Bonchev–Trinajstić information content (AvgIpc) is 1.49. The Morgan fingerprint density at radius 3 is 1.21 bits per heavy atom. The van der Waals surface area contributed by atoms with Crippen LogP contribution in [0.5, 0.6) is 0 Å². The Kier molecular flexibility index (Phi) is 7.60. The maximum atomic E-state index is 9.95. The van der Waals surface area contributed by atoms with E-state index in [-0.39, 0.29) is 12.3 Å². The summed E-state index contributed by atoms with van der Waals surface area (Å²) in [6.07, 6.45) is -2.29. The van der Waals surface area contributed by atoms with Crippen LogP contribution in [0.25, 0.3) is 0 Å². The lowest BCUT2D eigenvalue weighted by molar-refractivity contribution is 0.145. The SMILES string of the molecule is N.N.O=C(OS(=O)(=O)O)OS(=O)(=O)O. The molecule has 0 saturated heterocycles. The molecule has 0 amide bonds. The van der Waals surface area contributed by atoms with Crippen LogP contribution in [0.1, 0.15) is 0 Å². The summed E-state index contributed by atoms with van der Waals surface area (Å²) in [5, 5.41) is 0. The van der Waals surface area contributed by atoms with E-state index < -0.39 is 27.0 Å². The van der Waals surface area contributed by atoms with Gasteiger partial charge < -0.3 is 12.3 Å². The second-order valence-electron chi connectivity index (χ2n) is 1.27. The van der Waals surface area contributed by atoms with E-state index in [9.17, 15) is 21.6 Å². The molecule has 0 fully saturated rings. The van der Waals surface area contributed by atoms with Crippen molar-refractivity contribution in [2.45, 2.75) is 0 Å². The number of rotatable bonds is 2. The van der Waals surface area contributed by atoms with E-state index in [0.29, 0.717) is 0 Å². The van der Waals surface area contributed by atoms with E-state index in [4.69, 9.17) is 9.11 Å². The van der Waals surface area contributed by atoms with Crippen molar-refractivity contribution >= 4 is 27.0 Å². The lowest BCUT2D eigenvalue weighted by atomic mass is 11.5. The van der Waals surface area contributed by atoms with Gasteiger partial charge in [0.2, 0.25) is 0 Å². The number of hydrogen-bond donors (Lipinski definition) is 4. The van der Waals surface area contributed by atoms with Crippen LogP contribution >= 0.6 is 0 Å². The monoisotopic (exact) mass is 256 g/mol. The fourth-order valence-corrected chi connectivity index (χ4v) is 0.641. The Balaban J connectivity index is -0.000000605. The molecule has 88 valence electrons. The van der Waals surface area contributed by atoms with Crippen molar-refractivity contribution < 1.29 is 39.1 Å². The van der Waals surface area contributed by atoms with Gasteiger partial charge >= 0.3 is 27.0 Å². The summed E-state index contributed by atoms with van der Waals surface area (Å²) in [5.41, 5.74) is 0. The molecule has 0 spiro atoms. The van der Waals surface area contributed by atoms with Crippen molar-refractivity contribution in [1.29, 1.82) is 0 Å². The van der Waals surface area contributed by atoms with Crippen molar-refractivity contribution in [3.8, 4) is 0 Å². The molecule has 0 aromatic heterocycles. The molecule has 0 unspecified atom stereocenters. The van der Waals surface area contributed by atoms with Crippen LogP contribution in [0, 0.1) is 0 Å². The first-order valence-corrected chi connectivity index (χ1v) is 4.71. The zero-order chi connectivity index (χ0) is 9.99. The van der Waals surface area contributed by atoms with E-state index in [0.717, 1.165) is 0 Å². The van der Waals surface area contributed by atoms with Gasteiger partial charge in [0.1, 0.15) is 0 Å². The fraction of sp³-hybridized carbons (Fsp3) is 0. The quantitative estimate of drug-likeness (QED) is 0.442. The number of carbonyl (C=O) groups excluding carboxylic acids is 1. The zero-order valence-electron chi connectivity index (χ0n) is 6.48. The van der Waals surface area contributed by atoms with Crippen molar-refractivity contribution in [3.63, 3.8) is 0 Å². The molecule has 0 aliphatic heterocycles. The molecule has 0 heterocycles. The Morgan fingerprint density at radius 2 is 1.07 bits per heavy atom. The Labute approximate surface area is 79.1 Å². The minimum Gasteiger partial charge on any atom is -0.344 e. The van der Waals surface area contributed by atoms with Gasteiger partial charge in [0.25, 0.3) is 0 Å². The van der Waals surface area contributed by atoms with Crippen LogP contribution in [0.4, 0.5) is 4.79 Å². The van der Waals surface area contributed by atoms with Gasteiger partial charge in [0.15, 0.2) is 0 Å². The van der Waals surface area contributed by atoms with Crippen molar-refractivity contribution in [1.82, 2.24) is 12.3 Å². The van der Waals surface area contributed by atoms with Gasteiger partial charge in [-0.3, -0.25) is 17.5 Å². The highest BCUT2D eigenvalue weighted by Crippen LogP contribution is 1.95. The standard InChI is InChI=1S/CH2O9S2.2H3N/c2-1(9-11(3,4)5)10-12(6,7)8;;/h(H,3,4,5)(H,6,7,8);2*1H3. The molecule has 0 radical (unpaired) electrons.